The number of benzene rings is 1. The zero-order valence-corrected chi connectivity index (χ0v) is 15.4. The van der Waals surface area contributed by atoms with Gasteiger partial charge in [0.2, 0.25) is 0 Å². The lowest BCUT2D eigenvalue weighted by Crippen LogP contribution is -2.20. The van der Waals surface area contributed by atoms with Crippen LogP contribution in [0.3, 0.4) is 0 Å². The number of halogens is 1. The van der Waals surface area contributed by atoms with Crippen molar-refractivity contribution in [1.29, 1.82) is 0 Å². The highest BCUT2D eigenvalue weighted by molar-refractivity contribution is 7.99. The van der Waals surface area contributed by atoms with Crippen molar-refractivity contribution in [3.63, 3.8) is 0 Å². The fraction of sp³-hybridized carbons (Fsp3) is 0.333. The van der Waals surface area contributed by atoms with E-state index in [2.05, 4.69) is 0 Å². The van der Waals surface area contributed by atoms with Crippen LogP contribution in [0.5, 0.6) is 5.75 Å². The molecule has 0 fully saturated rings. The van der Waals surface area contributed by atoms with Crippen LogP contribution in [-0.4, -0.2) is 21.9 Å². The number of ether oxygens (including phenoxy) is 1. The Balaban J connectivity index is 1.47. The molecule has 3 aromatic rings. The van der Waals surface area contributed by atoms with Crippen molar-refractivity contribution in [2.24, 2.45) is 7.05 Å². The third kappa shape index (κ3) is 3.18. The molecule has 0 aliphatic heterocycles. The highest BCUT2D eigenvalue weighted by atomic mass is 32.2. The van der Waals surface area contributed by atoms with Crippen LogP contribution in [0, 0.1) is 5.82 Å². The third-order valence-electron chi connectivity index (χ3n) is 4.30. The predicted octanol–water partition coefficient (Wildman–Crippen LogP) is 3.79. The molecule has 0 radical (unpaired) electrons. The molecule has 0 saturated carbocycles. The van der Waals surface area contributed by atoms with E-state index in [-0.39, 0.29) is 11.4 Å². The summed E-state index contributed by atoms with van der Waals surface area (Å²) in [6.07, 6.45) is 3.19. The Morgan fingerprint density at radius 1 is 1.32 bits per heavy atom. The summed E-state index contributed by atoms with van der Waals surface area (Å²) in [6.45, 7) is 0.463. The summed E-state index contributed by atoms with van der Waals surface area (Å²) in [4.78, 5) is 19.6. The van der Waals surface area contributed by atoms with Gasteiger partial charge in [0.05, 0.1) is 12.0 Å². The first kappa shape index (κ1) is 16.6. The summed E-state index contributed by atoms with van der Waals surface area (Å²) in [7, 11) is 1.77. The minimum atomic E-state index is -0.280. The van der Waals surface area contributed by atoms with Crippen molar-refractivity contribution in [3.05, 3.63) is 50.9 Å². The lowest BCUT2D eigenvalue weighted by molar-refractivity contribution is 0.343. The Kier molecular flexibility index (Phi) is 4.52. The molecule has 4 nitrogen and oxygen atoms in total. The van der Waals surface area contributed by atoms with Gasteiger partial charge in [0.1, 0.15) is 16.4 Å². The van der Waals surface area contributed by atoms with Crippen LogP contribution in [0.2, 0.25) is 0 Å². The van der Waals surface area contributed by atoms with Crippen LogP contribution < -0.4 is 10.3 Å². The summed E-state index contributed by atoms with van der Waals surface area (Å²) in [5.74, 6) is 1.01. The largest absolute Gasteiger partial charge is 0.493 e. The molecule has 0 amide bonds. The zero-order valence-electron chi connectivity index (χ0n) is 13.8. The maximum absolute atomic E-state index is 12.9. The summed E-state index contributed by atoms with van der Waals surface area (Å²) in [5, 5.41) is 1.52. The second-order valence-electron chi connectivity index (χ2n) is 5.95. The number of aromatic nitrogens is 2. The molecule has 25 heavy (non-hydrogen) atoms. The van der Waals surface area contributed by atoms with Crippen molar-refractivity contribution >= 4 is 33.3 Å². The van der Waals surface area contributed by atoms with Gasteiger partial charge in [0, 0.05) is 17.7 Å². The summed E-state index contributed by atoms with van der Waals surface area (Å²) < 4.78 is 20.1. The number of hydrogen-bond donors (Lipinski definition) is 0. The van der Waals surface area contributed by atoms with Gasteiger partial charge in [-0.1, -0.05) is 11.8 Å². The maximum Gasteiger partial charge on any atom is 0.262 e. The minimum absolute atomic E-state index is 0.0475. The second kappa shape index (κ2) is 6.80. The fourth-order valence-corrected chi connectivity index (χ4v) is 5.15. The van der Waals surface area contributed by atoms with Gasteiger partial charge in [-0.2, -0.15) is 0 Å². The lowest BCUT2D eigenvalue weighted by Gasteiger charge is -2.08. The molecule has 0 bridgehead atoms. The van der Waals surface area contributed by atoms with E-state index in [0.29, 0.717) is 23.3 Å². The van der Waals surface area contributed by atoms with Crippen LogP contribution in [0.25, 0.3) is 10.2 Å². The minimum Gasteiger partial charge on any atom is -0.493 e. The van der Waals surface area contributed by atoms with Crippen LogP contribution >= 0.6 is 23.1 Å². The Hall–Kier alpha value is -1.86. The average Bonchev–Trinajstić information content (AvgIpc) is 3.18. The van der Waals surface area contributed by atoms with Gasteiger partial charge in [0.15, 0.2) is 5.16 Å². The van der Waals surface area contributed by atoms with E-state index in [1.54, 1.807) is 35.1 Å². The highest BCUT2D eigenvalue weighted by Crippen LogP contribution is 2.35. The number of thioether (sulfide) groups is 1. The molecular formula is C18H17FN2O2S2. The Morgan fingerprint density at radius 2 is 2.12 bits per heavy atom. The topological polar surface area (TPSA) is 44.1 Å². The standard InChI is InChI=1S/C18H17FN2O2S2/c1-21-17(22)15-13-3-2-4-14(13)25-16(15)20-18(21)24-10-9-23-12-7-5-11(19)6-8-12/h5-8H,2-4,9-10H2,1H3. The molecule has 0 atom stereocenters. The van der Waals surface area contributed by atoms with Crippen molar-refractivity contribution in [2.45, 2.75) is 24.4 Å². The molecule has 0 spiro atoms. The van der Waals surface area contributed by atoms with Gasteiger partial charge in [-0.15, -0.1) is 11.3 Å². The predicted molar refractivity (Wildman–Crippen MR) is 99.5 cm³/mol. The van der Waals surface area contributed by atoms with Gasteiger partial charge in [-0.05, 0) is 49.1 Å². The van der Waals surface area contributed by atoms with Crippen molar-refractivity contribution < 1.29 is 9.13 Å². The fourth-order valence-electron chi connectivity index (χ4n) is 3.06. The van der Waals surface area contributed by atoms with Gasteiger partial charge in [0.25, 0.3) is 5.56 Å². The van der Waals surface area contributed by atoms with Crippen molar-refractivity contribution in [1.82, 2.24) is 9.55 Å². The summed E-state index contributed by atoms with van der Waals surface area (Å²) >= 11 is 3.15. The molecule has 0 N–H and O–H groups in total. The van der Waals surface area contributed by atoms with E-state index in [4.69, 9.17) is 9.72 Å². The molecule has 1 aromatic carbocycles. The molecule has 1 aliphatic carbocycles. The van der Waals surface area contributed by atoms with Crippen LogP contribution in [0.15, 0.2) is 34.2 Å². The first-order valence-corrected chi connectivity index (χ1v) is 9.96. The van der Waals surface area contributed by atoms with E-state index in [9.17, 15) is 9.18 Å². The van der Waals surface area contributed by atoms with Crippen LogP contribution in [-0.2, 0) is 19.9 Å². The first-order chi connectivity index (χ1) is 12.1. The Labute approximate surface area is 152 Å². The number of thiophene rings is 1. The quantitative estimate of drug-likeness (QED) is 0.386. The molecule has 0 unspecified atom stereocenters. The maximum atomic E-state index is 12.9. The van der Waals surface area contributed by atoms with Crippen molar-refractivity contribution in [3.8, 4) is 5.75 Å². The molecule has 130 valence electrons. The Morgan fingerprint density at radius 3 is 2.92 bits per heavy atom. The molecule has 1 aliphatic rings. The zero-order chi connectivity index (χ0) is 17.4. The second-order valence-corrected chi connectivity index (χ2v) is 8.09. The number of aryl methyl sites for hydroxylation is 2. The third-order valence-corrected chi connectivity index (χ3v) is 6.48. The number of hydrogen-bond acceptors (Lipinski definition) is 5. The molecule has 2 heterocycles. The SMILES string of the molecule is Cn1c(SCCOc2ccc(F)cc2)nc2sc3c(c2c1=O)CCC3. The monoisotopic (exact) mass is 376 g/mol. The van der Waals surface area contributed by atoms with Gasteiger partial charge >= 0.3 is 0 Å². The van der Waals surface area contributed by atoms with Crippen molar-refractivity contribution in [2.75, 3.05) is 12.4 Å². The molecule has 2 aromatic heterocycles. The summed E-state index contributed by atoms with van der Waals surface area (Å²) in [5.41, 5.74) is 1.26. The first-order valence-electron chi connectivity index (χ1n) is 8.16. The molecule has 0 saturated heterocycles. The lowest BCUT2D eigenvalue weighted by atomic mass is 10.2. The smallest absolute Gasteiger partial charge is 0.262 e. The number of rotatable bonds is 5. The van der Waals surface area contributed by atoms with Crippen LogP contribution in [0.4, 0.5) is 4.39 Å². The van der Waals surface area contributed by atoms with E-state index in [1.165, 1.54) is 34.3 Å². The van der Waals surface area contributed by atoms with E-state index >= 15 is 0 Å². The molecule has 7 heteroatoms. The van der Waals surface area contributed by atoms with Gasteiger partial charge in [-0.25, -0.2) is 9.37 Å². The van der Waals surface area contributed by atoms with E-state index in [0.717, 1.165) is 29.5 Å². The van der Waals surface area contributed by atoms with E-state index in [1.807, 2.05) is 0 Å². The molecular weight excluding hydrogens is 359 g/mol. The molecule has 4 rings (SSSR count). The number of fused-ring (bicyclic) bond motifs is 3. The summed E-state index contributed by atoms with van der Waals surface area (Å²) in [6, 6.07) is 5.95. The average molecular weight is 376 g/mol. The normalized spacial score (nSPS) is 13.4. The van der Waals surface area contributed by atoms with E-state index < -0.39 is 0 Å². The highest BCUT2D eigenvalue weighted by Gasteiger charge is 2.22. The Bertz CT molecular complexity index is 979. The number of nitrogens with zero attached hydrogens (tertiary/aromatic N) is 2. The van der Waals surface area contributed by atoms with Gasteiger partial charge < -0.3 is 4.74 Å². The van der Waals surface area contributed by atoms with Crippen LogP contribution in [0.1, 0.15) is 16.9 Å². The van der Waals surface area contributed by atoms with Gasteiger partial charge in [-0.3, -0.25) is 9.36 Å².